The van der Waals surface area contributed by atoms with E-state index < -0.39 is 5.97 Å². The quantitative estimate of drug-likeness (QED) is 0.804. The maximum Gasteiger partial charge on any atom is 0.340 e. The molecule has 0 radical (unpaired) electrons. The molecule has 0 saturated heterocycles. The first kappa shape index (κ1) is 18.1. The van der Waals surface area contributed by atoms with Crippen molar-refractivity contribution >= 4 is 29.2 Å². The molecule has 0 unspecified atom stereocenters. The second kappa shape index (κ2) is 7.09. The molecule has 0 spiro atoms. The van der Waals surface area contributed by atoms with Crippen LogP contribution in [0.4, 0.5) is 5.69 Å². The van der Waals surface area contributed by atoms with Gasteiger partial charge in [-0.25, -0.2) is 4.79 Å². The van der Waals surface area contributed by atoms with Crippen LogP contribution < -0.4 is 5.32 Å². The third-order valence-electron chi connectivity index (χ3n) is 3.65. The molecule has 2 rings (SSSR count). The van der Waals surface area contributed by atoms with Crippen molar-refractivity contribution in [3.8, 4) is 0 Å². The summed E-state index contributed by atoms with van der Waals surface area (Å²) in [5.41, 5.74) is 3.45. The number of amides is 1. The van der Waals surface area contributed by atoms with E-state index in [-0.39, 0.29) is 12.0 Å². The lowest BCUT2D eigenvalue weighted by molar-refractivity contribution is 0.0376. The SMILES string of the molecule is Cc1cc(Cl)ccc1NC(=O)c1[nH]c(C)c(C(=O)OC(C)C)c1C. The van der Waals surface area contributed by atoms with Crippen LogP contribution in [-0.4, -0.2) is 23.0 Å². The number of nitrogens with one attached hydrogen (secondary N) is 2. The van der Waals surface area contributed by atoms with Crippen LogP contribution in [0.1, 0.15) is 51.5 Å². The van der Waals surface area contributed by atoms with Crippen LogP contribution >= 0.6 is 11.6 Å². The molecule has 1 aromatic heterocycles. The number of aryl methyl sites for hydroxylation is 2. The minimum Gasteiger partial charge on any atom is -0.459 e. The van der Waals surface area contributed by atoms with Gasteiger partial charge in [-0.05, 0) is 63.9 Å². The standard InChI is InChI=1S/C18H21ClN2O3/c1-9(2)24-18(23)15-11(4)16(20-12(15)5)17(22)21-14-7-6-13(19)8-10(14)3/h6-9,20H,1-5H3,(H,21,22). The predicted molar refractivity (Wildman–Crippen MR) is 95.0 cm³/mol. The Morgan fingerprint density at radius 3 is 2.46 bits per heavy atom. The van der Waals surface area contributed by atoms with Gasteiger partial charge >= 0.3 is 5.97 Å². The fourth-order valence-corrected chi connectivity index (χ4v) is 2.74. The van der Waals surface area contributed by atoms with Crippen molar-refractivity contribution < 1.29 is 14.3 Å². The second-order valence-electron chi connectivity index (χ2n) is 5.99. The van der Waals surface area contributed by atoms with Crippen LogP contribution in [0.2, 0.25) is 5.02 Å². The molecule has 0 fully saturated rings. The molecular formula is C18H21ClN2O3. The number of halogens is 1. The van der Waals surface area contributed by atoms with Crippen molar-refractivity contribution in [2.24, 2.45) is 0 Å². The summed E-state index contributed by atoms with van der Waals surface area (Å²) in [5.74, 6) is -0.748. The van der Waals surface area contributed by atoms with Gasteiger partial charge in [0.25, 0.3) is 5.91 Å². The van der Waals surface area contributed by atoms with E-state index in [1.807, 2.05) is 6.92 Å². The zero-order valence-corrected chi connectivity index (χ0v) is 15.2. The zero-order chi connectivity index (χ0) is 18.0. The summed E-state index contributed by atoms with van der Waals surface area (Å²) in [6.07, 6.45) is -0.222. The van der Waals surface area contributed by atoms with E-state index in [2.05, 4.69) is 10.3 Å². The Hall–Kier alpha value is -2.27. The lowest BCUT2D eigenvalue weighted by atomic mass is 10.1. The molecule has 1 aromatic carbocycles. The van der Waals surface area contributed by atoms with E-state index in [4.69, 9.17) is 16.3 Å². The monoisotopic (exact) mass is 348 g/mol. The molecule has 24 heavy (non-hydrogen) atoms. The van der Waals surface area contributed by atoms with Crippen molar-refractivity contribution in [2.45, 2.75) is 40.7 Å². The number of esters is 1. The maximum absolute atomic E-state index is 12.6. The molecule has 0 aliphatic carbocycles. The van der Waals surface area contributed by atoms with Gasteiger partial charge in [0.15, 0.2) is 0 Å². The molecule has 0 bridgehead atoms. The van der Waals surface area contributed by atoms with Crippen LogP contribution in [0.25, 0.3) is 0 Å². The highest BCUT2D eigenvalue weighted by Crippen LogP contribution is 2.23. The molecule has 0 atom stereocenters. The summed E-state index contributed by atoms with van der Waals surface area (Å²) in [6, 6.07) is 5.23. The average molecular weight is 349 g/mol. The number of carbonyl (C=O) groups is 2. The topological polar surface area (TPSA) is 71.2 Å². The van der Waals surface area contributed by atoms with Gasteiger partial charge in [-0.15, -0.1) is 0 Å². The average Bonchev–Trinajstić information content (AvgIpc) is 2.76. The molecule has 128 valence electrons. The minimum absolute atomic E-state index is 0.222. The molecule has 2 N–H and O–H groups in total. The van der Waals surface area contributed by atoms with Crippen molar-refractivity contribution in [2.75, 3.05) is 5.32 Å². The van der Waals surface area contributed by atoms with E-state index in [9.17, 15) is 9.59 Å². The third kappa shape index (κ3) is 3.79. The Morgan fingerprint density at radius 2 is 1.88 bits per heavy atom. The Balaban J connectivity index is 2.29. The Morgan fingerprint density at radius 1 is 1.21 bits per heavy atom. The molecule has 6 heteroatoms. The van der Waals surface area contributed by atoms with Gasteiger partial charge in [0.2, 0.25) is 0 Å². The van der Waals surface area contributed by atoms with Crippen LogP contribution in [0, 0.1) is 20.8 Å². The van der Waals surface area contributed by atoms with Crippen LogP contribution in [0.15, 0.2) is 18.2 Å². The largest absolute Gasteiger partial charge is 0.459 e. The molecule has 2 aromatic rings. The smallest absolute Gasteiger partial charge is 0.340 e. The number of benzene rings is 1. The van der Waals surface area contributed by atoms with Gasteiger partial charge in [-0.1, -0.05) is 11.6 Å². The van der Waals surface area contributed by atoms with Crippen molar-refractivity contribution in [1.82, 2.24) is 4.98 Å². The lowest BCUT2D eigenvalue weighted by Crippen LogP contribution is -2.15. The highest BCUT2D eigenvalue weighted by atomic mass is 35.5. The van der Waals surface area contributed by atoms with E-state index in [1.54, 1.807) is 45.9 Å². The van der Waals surface area contributed by atoms with Gasteiger partial charge < -0.3 is 15.0 Å². The number of aromatic amines is 1. The molecule has 0 aliphatic rings. The Labute approximate surface area is 146 Å². The van der Waals surface area contributed by atoms with E-state index >= 15 is 0 Å². The van der Waals surface area contributed by atoms with Crippen molar-refractivity contribution in [3.05, 3.63) is 51.3 Å². The van der Waals surface area contributed by atoms with Crippen LogP contribution in [0.3, 0.4) is 0 Å². The minimum atomic E-state index is -0.432. The number of ether oxygens (including phenoxy) is 1. The summed E-state index contributed by atoms with van der Waals surface area (Å²) >= 11 is 5.93. The summed E-state index contributed by atoms with van der Waals surface area (Å²) < 4.78 is 5.24. The second-order valence-corrected chi connectivity index (χ2v) is 6.43. The lowest BCUT2D eigenvalue weighted by Gasteiger charge is -2.09. The normalized spacial score (nSPS) is 10.8. The molecule has 0 saturated carbocycles. The molecule has 5 nitrogen and oxygen atoms in total. The Bertz CT molecular complexity index is 794. The summed E-state index contributed by atoms with van der Waals surface area (Å²) in [4.78, 5) is 27.7. The van der Waals surface area contributed by atoms with E-state index in [1.165, 1.54) is 0 Å². The van der Waals surface area contributed by atoms with E-state index in [0.29, 0.717) is 33.2 Å². The van der Waals surface area contributed by atoms with Gasteiger partial charge in [0.05, 0.1) is 11.7 Å². The first-order valence-electron chi connectivity index (χ1n) is 7.68. The molecule has 1 amide bonds. The highest BCUT2D eigenvalue weighted by molar-refractivity contribution is 6.30. The summed E-state index contributed by atoms with van der Waals surface area (Å²) in [5, 5.41) is 3.44. The van der Waals surface area contributed by atoms with Crippen LogP contribution in [0.5, 0.6) is 0 Å². The van der Waals surface area contributed by atoms with Gasteiger partial charge in [0.1, 0.15) is 5.69 Å². The molecule has 1 heterocycles. The number of H-pyrrole nitrogens is 1. The number of hydrogen-bond donors (Lipinski definition) is 2. The number of carbonyl (C=O) groups excluding carboxylic acids is 2. The van der Waals surface area contributed by atoms with Crippen LogP contribution in [-0.2, 0) is 4.74 Å². The number of rotatable bonds is 4. The first-order valence-corrected chi connectivity index (χ1v) is 8.06. The molecule has 0 aliphatic heterocycles. The third-order valence-corrected chi connectivity index (χ3v) is 3.88. The highest BCUT2D eigenvalue weighted by Gasteiger charge is 2.23. The predicted octanol–water partition coefficient (Wildman–Crippen LogP) is 4.41. The molecular weight excluding hydrogens is 328 g/mol. The number of aromatic nitrogens is 1. The zero-order valence-electron chi connectivity index (χ0n) is 14.4. The fourth-order valence-electron chi connectivity index (χ4n) is 2.51. The van der Waals surface area contributed by atoms with Gasteiger partial charge in [-0.3, -0.25) is 4.79 Å². The van der Waals surface area contributed by atoms with E-state index in [0.717, 1.165) is 5.56 Å². The van der Waals surface area contributed by atoms with Gasteiger partial charge in [0, 0.05) is 16.4 Å². The summed E-state index contributed by atoms with van der Waals surface area (Å²) in [7, 11) is 0. The van der Waals surface area contributed by atoms with Gasteiger partial charge in [-0.2, -0.15) is 0 Å². The van der Waals surface area contributed by atoms with Crippen molar-refractivity contribution in [1.29, 1.82) is 0 Å². The summed E-state index contributed by atoms with van der Waals surface area (Å²) in [6.45, 7) is 8.90. The first-order chi connectivity index (χ1) is 11.2. The number of hydrogen-bond acceptors (Lipinski definition) is 3. The maximum atomic E-state index is 12.6. The Kier molecular flexibility index (Phi) is 5.34. The fraction of sp³-hybridized carbons (Fsp3) is 0.333. The number of anilines is 1. The van der Waals surface area contributed by atoms with Crippen molar-refractivity contribution in [3.63, 3.8) is 0 Å².